The largest absolute Gasteiger partial charge is 0.362 e. The van der Waals surface area contributed by atoms with Crippen LogP contribution in [-0.4, -0.2) is 23.0 Å². The van der Waals surface area contributed by atoms with Gasteiger partial charge in [0, 0.05) is 11.8 Å². The van der Waals surface area contributed by atoms with Gasteiger partial charge in [-0.3, -0.25) is 4.99 Å². The lowest BCUT2D eigenvalue weighted by molar-refractivity contribution is 0.484. The number of aliphatic imine (C=N–C) groups is 1. The van der Waals surface area contributed by atoms with Crippen molar-refractivity contribution in [3.05, 3.63) is 0 Å². The third-order valence-corrected chi connectivity index (χ3v) is 4.49. The van der Waals surface area contributed by atoms with Gasteiger partial charge in [-0.1, -0.05) is 11.8 Å². The molecule has 1 N–H and O–H groups in total. The summed E-state index contributed by atoms with van der Waals surface area (Å²) in [6.45, 7) is 2.20. The fourth-order valence-electron chi connectivity index (χ4n) is 2.23. The standard InChI is InChI=1S/C11H18N2S/c1-7-6-14-11(12-7)13-10(8-2-3-8)9-4-5-9/h7-10H,2-6H2,1H3,(H,12,13). The highest BCUT2D eigenvalue weighted by Gasteiger charge is 2.42. The molecule has 14 heavy (non-hydrogen) atoms. The van der Waals surface area contributed by atoms with E-state index in [9.17, 15) is 0 Å². The lowest BCUT2D eigenvalue weighted by Gasteiger charge is -2.17. The highest BCUT2D eigenvalue weighted by molar-refractivity contribution is 8.14. The summed E-state index contributed by atoms with van der Waals surface area (Å²) in [5.74, 6) is 3.12. The first-order chi connectivity index (χ1) is 6.83. The number of hydrogen-bond donors (Lipinski definition) is 1. The van der Waals surface area contributed by atoms with Crippen molar-refractivity contribution in [1.29, 1.82) is 0 Å². The van der Waals surface area contributed by atoms with Gasteiger partial charge < -0.3 is 5.32 Å². The number of amidine groups is 1. The van der Waals surface area contributed by atoms with Crippen LogP contribution in [0.3, 0.4) is 0 Å². The molecule has 0 spiro atoms. The maximum absolute atomic E-state index is 4.62. The second-order valence-corrected chi connectivity index (χ2v) is 5.95. The van der Waals surface area contributed by atoms with Crippen LogP contribution in [-0.2, 0) is 0 Å². The molecule has 1 aliphatic heterocycles. The van der Waals surface area contributed by atoms with Crippen molar-refractivity contribution in [1.82, 2.24) is 5.32 Å². The molecular formula is C11H18N2S. The van der Waals surface area contributed by atoms with E-state index in [1.807, 2.05) is 11.8 Å². The van der Waals surface area contributed by atoms with Crippen LogP contribution >= 0.6 is 11.8 Å². The summed E-state index contributed by atoms with van der Waals surface area (Å²) in [6, 6.07) is 1.30. The first-order valence-electron chi connectivity index (χ1n) is 5.80. The topological polar surface area (TPSA) is 24.4 Å². The lowest BCUT2D eigenvalue weighted by atomic mass is 10.1. The quantitative estimate of drug-likeness (QED) is 0.772. The minimum absolute atomic E-state index is 0.529. The van der Waals surface area contributed by atoms with Gasteiger partial charge in [0.05, 0.1) is 6.04 Å². The molecule has 0 amide bonds. The number of nitrogens with zero attached hydrogens (tertiary/aromatic N) is 1. The van der Waals surface area contributed by atoms with Crippen LogP contribution in [0.15, 0.2) is 4.99 Å². The number of thioether (sulfide) groups is 1. The van der Waals surface area contributed by atoms with Crippen molar-refractivity contribution < 1.29 is 0 Å². The molecule has 1 heterocycles. The number of nitrogens with one attached hydrogen (secondary N) is 1. The van der Waals surface area contributed by atoms with E-state index in [4.69, 9.17) is 0 Å². The van der Waals surface area contributed by atoms with Gasteiger partial charge in [0.2, 0.25) is 0 Å². The van der Waals surface area contributed by atoms with Crippen molar-refractivity contribution in [2.45, 2.75) is 44.7 Å². The molecule has 0 aromatic heterocycles. The molecule has 78 valence electrons. The molecule has 1 atom stereocenters. The Bertz CT molecular complexity index is 244. The Morgan fingerprint density at radius 1 is 1.29 bits per heavy atom. The van der Waals surface area contributed by atoms with E-state index in [0.717, 1.165) is 17.9 Å². The van der Waals surface area contributed by atoms with E-state index in [-0.39, 0.29) is 0 Å². The lowest BCUT2D eigenvalue weighted by Crippen LogP contribution is -2.36. The molecule has 2 aliphatic carbocycles. The zero-order chi connectivity index (χ0) is 9.54. The minimum Gasteiger partial charge on any atom is -0.362 e. The molecule has 3 aliphatic rings. The molecule has 2 fully saturated rings. The van der Waals surface area contributed by atoms with Gasteiger partial charge >= 0.3 is 0 Å². The molecule has 2 nitrogen and oxygen atoms in total. The molecule has 0 bridgehead atoms. The fraction of sp³-hybridized carbons (Fsp3) is 0.909. The summed E-state index contributed by atoms with van der Waals surface area (Å²) < 4.78 is 0. The van der Waals surface area contributed by atoms with Crippen molar-refractivity contribution in [3.8, 4) is 0 Å². The second kappa shape index (κ2) is 3.44. The van der Waals surface area contributed by atoms with Crippen LogP contribution in [0, 0.1) is 11.8 Å². The third kappa shape index (κ3) is 1.92. The van der Waals surface area contributed by atoms with Crippen LogP contribution in [0.2, 0.25) is 0 Å². The van der Waals surface area contributed by atoms with E-state index < -0.39 is 0 Å². The normalized spacial score (nSPS) is 32.1. The van der Waals surface area contributed by atoms with Gasteiger partial charge in [0.25, 0.3) is 0 Å². The Hall–Kier alpha value is -0.180. The Morgan fingerprint density at radius 2 is 1.93 bits per heavy atom. The fourth-order valence-corrected chi connectivity index (χ4v) is 3.17. The van der Waals surface area contributed by atoms with Crippen LogP contribution in [0.4, 0.5) is 0 Å². The van der Waals surface area contributed by atoms with Gasteiger partial charge in [-0.2, -0.15) is 0 Å². The predicted molar refractivity (Wildman–Crippen MR) is 61.7 cm³/mol. The SMILES string of the molecule is CC1CSC(NC(C2CC2)C2CC2)=N1. The average molecular weight is 210 g/mol. The zero-order valence-electron chi connectivity index (χ0n) is 8.70. The number of rotatable bonds is 3. The molecule has 0 radical (unpaired) electrons. The van der Waals surface area contributed by atoms with Crippen LogP contribution in [0.25, 0.3) is 0 Å². The van der Waals surface area contributed by atoms with Gasteiger partial charge in [0.1, 0.15) is 0 Å². The molecule has 0 aromatic carbocycles. The van der Waals surface area contributed by atoms with Crippen LogP contribution < -0.4 is 5.32 Å². The van der Waals surface area contributed by atoms with E-state index in [2.05, 4.69) is 17.2 Å². The summed E-state index contributed by atoms with van der Waals surface area (Å²) in [7, 11) is 0. The van der Waals surface area contributed by atoms with Gasteiger partial charge in [-0.25, -0.2) is 0 Å². The highest BCUT2D eigenvalue weighted by atomic mass is 32.2. The Morgan fingerprint density at radius 3 is 2.36 bits per heavy atom. The summed E-state index contributed by atoms with van der Waals surface area (Å²) in [5, 5.41) is 4.91. The highest BCUT2D eigenvalue weighted by Crippen LogP contribution is 2.44. The number of hydrogen-bond acceptors (Lipinski definition) is 3. The maximum atomic E-state index is 4.62. The van der Waals surface area contributed by atoms with E-state index >= 15 is 0 Å². The molecular weight excluding hydrogens is 192 g/mol. The van der Waals surface area contributed by atoms with Crippen LogP contribution in [0.5, 0.6) is 0 Å². The van der Waals surface area contributed by atoms with E-state index in [1.54, 1.807) is 0 Å². The van der Waals surface area contributed by atoms with Crippen LogP contribution in [0.1, 0.15) is 32.6 Å². The summed E-state index contributed by atoms with van der Waals surface area (Å²) in [5.41, 5.74) is 0. The van der Waals surface area contributed by atoms with E-state index in [1.165, 1.54) is 36.6 Å². The van der Waals surface area contributed by atoms with E-state index in [0.29, 0.717) is 6.04 Å². The van der Waals surface area contributed by atoms with Gasteiger partial charge in [-0.05, 0) is 44.4 Å². The predicted octanol–water partition coefficient (Wildman–Crippen LogP) is 2.26. The Balaban J connectivity index is 1.60. The van der Waals surface area contributed by atoms with Gasteiger partial charge in [-0.15, -0.1) is 0 Å². The first-order valence-corrected chi connectivity index (χ1v) is 6.78. The maximum Gasteiger partial charge on any atom is 0.157 e. The molecule has 0 saturated heterocycles. The van der Waals surface area contributed by atoms with Crippen molar-refractivity contribution in [2.24, 2.45) is 16.8 Å². The Kier molecular flexibility index (Phi) is 2.23. The summed E-state index contributed by atoms with van der Waals surface area (Å²) in [6.07, 6.45) is 5.78. The molecule has 3 heteroatoms. The molecule has 3 rings (SSSR count). The average Bonchev–Trinajstić information content (AvgIpc) is 3.04. The van der Waals surface area contributed by atoms with Gasteiger partial charge in [0.15, 0.2) is 5.17 Å². The second-order valence-electron chi connectivity index (χ2n) is 4.94. The third-order valence-electron chi connectivity index (χ3n) is 3.35. The minimum atomic E-state index is 0.529. The van der Waals surface area contributed by atoms with Crippen molar-refractivity contribution in [3.63, 3.8) is 0 Å². The summed E-state index contributed by atoms with van der Waals surface area (Å²) in [4.78, 5) is 4.62. The van der Waals surface area contributed by atoms with Crippen molar-refractivity contribution in [2.75, 3.05) is 5.75 Å². The molecule has 2 saturated carbocycles. The first kappa shape index (κ1) is 9.08. The monoisotopic (exact) mass is 210 g/mol. The molecule has 1 unspecified atom stereocenters. The zero-order valence-corrected chi connectivity index (χ0v) is 9.52. The smallest absolute Gasteiger partial charge is 0.157 e. The summed E-state index contributed by atoms with van der Waals surface area (Å²) >= 11 is 1.91. The molecule has 0 aromatic rings. The Labute approximate surface area is 89.9 Å². The van der Waals surface area contributed by atoms with Crippen molar-refractivity contribution >= 4 is 16.9 Å².